The van der Waals surface area contributed by atoms with Crippen LogP contribution < -0.4 is 5.32 Å². The summed E-state index contributed by atoms with van der Waals surface area (Å²) in [6.45, 7) is 2.91. The van der Waals surface area contributed by atoms with Gasteiger partial charge in [0.2, 0.25) is 5.91 Å². The minimum absolute atomic E-state index is 0.0623. The molecule has 1 N–H and O–H groups in total. The van der Waals surface area contributed by atoms with E-state index >= 15 is 0 Å². The number of carbonyl (C=O) groups is 2. The van der Waals surface area contributed by atoms with E-state index in [-0.39, 0.29) is 17.5 Å². The van der Waals surface area contributed by atoms with Crippen LogP contribution in [0.5, 0.6) is 0 Å². The molecule has 0 saturated carbocycles. The molecule has 3 amide bonds. The van der Waals surface area contributed by atoms with Crippen molar-refractivity contribution in [3.63, 3.8) is 0 Å². The zero-order valence-corrected chi connectivity index (χ0v) is 16.6. The summed E-state index contributed by atoms with van der Waals surface area (Å²) in [6, 6.07) is 14.0. The van der Waals surface area contributed by atoms with Crippen molar-refractivity contribution in [2.45, 2.75) is 24.8 Å². The summed E-state index contributed by atoms with van der Waals surface area (Å²) in [5.41, 5.74) is 0.709. The average Bonchev–Trinajstić information content (AvgIpc) is 2.85. The summed E-state index contributed by atoms with van der Waals surface area (Å²) < 4.78 is 0. The number of amides is 3. The third-order valence-electron chi connectivity index (χ3n) is 6.46. The second-order valence-corrected chi connectivity index (χ2v) is 8.09. The van der Waals surface area contributed by atoms with Crippen LogP contribution in [0.3, 0.4) is 0 Å². The second-order valence-electron chi connectivity index (χ2n) is 8.09. The van der Waals surface area contributed by atoms with Gasteiger partial charge in [-0.2, -0.15) is 0 Å². The van der Waals surface area contributed by atoms with Crippen LogP contribution in [-0.2, 0) is 4.79 Å². The lowest BCUT2D eigenvalue weighted by atomic mass is 9.86. The first-order valence-electron chi connectivity index (χ1n) is 9.97. The van der Waals surface area contributed by atoms with E-state index in [4.69, 9.17) is 0 Å². The minimum atomic E-state index is -0.130. The zero-order chi connectivity index (χ0) is 19.7. The SMILES string of the molecule is CN1CC[C@]2(CCC1=O)CN(C(=O)Nc1cccc3ccccc13)CCN2C. The first-order chi connectivity index (χ1) is 13.5. The predicted octanol–water partition coefficient (Wildman–Crippen LogP) is 3.00. The Morgan fingerprint density at radius 2 is 1.79 bits per heavy atom. The van der Waals surface area contributed by atoms with Gasteiger partial charge in [0, 0.05) is 50.6 Å². The maximum Gasteiger partial charge on any atom is 0.321 e. The summed E-state index contributed by atoms with van der Waals surface area (Å²) in [7, 11) is 3.99. The summed E-state index contributed by atoms with van der Waals surface area (Å²) in [4.78, 5) is 31.3. The molecule has 6 heteroatoms. The van der Waals surface area contributed by atoms with Gasteiger partial charge < -0.3 is 15.1 Å². The van der Waals surface area contributed by atoms with Crippen molar-refractivity contribution in [1.82, 2.24) is 14.7 Å². The Kier molecular flexibility index (Phi) is 4.98. The lowest BCUT2D eigenvalue weighted by molar-refractivity contribution is -0.129. The number of nitrogens with zero attached hydrogens (tertiary/aromatic N) is 3. The highest BCUT2D eigenvalue weighted by Gasteiger charge is 2.43. The van der Waals surface area contributed by atoms with Crippen LogP contribution in [0.15, 0.2) is 42.5 Å². The highest BCUT2D eigenvalue weighted by molar-refractivity contribution is 6.01. The lowest BCUT2D eigenvalue weighted by Crippen LogP contribution is -2.62. The van der Waals surface area contributed by atoms with Crippen LogP contribution in [-0.4, -0.2) is 72.5 Å². The molecule has 2 aromatic rings. The molecule has 0 bridgehead atoms. The molecule has 0 radical (unpaired) electrons. The van der Waals surface area contributed by atoms with Crippen molar-refractivity contribution >= 4 is 28.4 Å². The molecule has 2 aliphatic rings. The third kappa shape index (κ3) is 3.44. The van der Waals surface area contributed by atoms with Crippen molar-refractivity contribution in [2.24, 2.45) is 0 Å². The highest BCUT2D eigenvalue weighted by Crippen LogP contribution is 2.32. The highest BCUT2D eigenvalue weighted by atomic mass is 16.2. The summed E-state index contributed by atoms with van der Waals surface area (Å²) in [5, 5.41) is 5.27. The van der Waals surface area contributed by atoms with Gasteiger partial charge in [-0.3, -0.25) is 9.69 Å². The topological polar surface area (TPSA) is 55.9 Å². The molecule has 2 saturated heterocycles. The molecule has 2 heterocycles. The standard InChI is InChI=1S/C22H28N4O2/c1-24-13-12-22(11-10-20(24)27)16-26(15-14-25(22)2)21(28)23-19-9-5-7-17-6-3-4-8-18(17)19/h3-9H,10-16H2,1-2H3,(H,23,28)/t22-/m1/s1. The Labute approximate surface area is 166 Å². The van der Waals surface area contributed by atoms with Gasteiger partial charge >= 0.3 is 6.03 Å². The molecule has 0 unspecified atom stereocenters. The summed E-state index contributed by atoms with van der Waals surface area (Å²) >= 11 is 0. The number of rotatable bonds is 1. The number of likely N-dealkylation sites (tertiary alicyclic amines) is 1. The Balaban J connectivity index is 1.52. The second kappa shape index (κ2) is 7.43. The molecule has 1 atom stereocenters. The number of carbonyl (C=O) groups excluding carboxylic acids is 2. The molecule has 0 aliphatic carbocycles. The number of piperazine rings is 1. The van der Waals surface area contributed by atoms with Gasteiger partial charge in [-0.15, -0.1) is 0 Å². The van der Waals surface area contributed by atoms with E-state index in [2.05, 4.69) is 29.4 Å². The average molecular weight is 380 g/mol. The van der Waals surface area contributed by atoms with Crippen LogP contribution >= 0.6 is 0 Å². The van der Waals surface area contributed by atoms with E-state index in [1.54, 1.807) is 0 Å². The van der Waals surface area contributed by atoms with Crippen molar-refractivity contribution < 1.29 is 9.59 Å². The van der Waals surface area contributed by atoms with Crippen LogP contribution in [0.2, 0.25) is 0 Å². The van der Waals surface area contributed by atoms with E-state index in [9.17, 15) is 9.59 Å². The molecular weight excluding hydrogens is 352 g/mol. The molecular formula is C22H28N4O2. The van der Waals surface area contributed by atoms with Gasteiger partial charge in [0.05, 0.1) is 5.69 Å². The molecule has 1 spiro atoms. The van der Waals surface area contributed by atoms with Crippen LogP contribution in [0.25, 0.3) is 10.8 Å². The number of likely N-dealkylation sites (N-methyl/N-ethyl adjacent to an activating group) is 1. The van der Waals surface area contributed by atoms with E-state index in [1.807, 2.05) is 47.2 Å². The maximum absolute atomic E-state index is 13.1. The monoisotopic (exact) mass is 380 g/mol. The van der Waals surface area contributed by atoms with Crippen LogP contribution in [0, 0.1) is 0 Å². The molecule has 0 aromatic heterocycles. The van der Waals surface area contributed by atoms with E-state index in [0.29, 0.717) is 19.5 Å². The van der Waals surface area contributed by atoms with Crippen LogP contribution in [0.4, 0.5) is 10.5 Å². The number of nitrogens with one attached hydrogen (secondary N) is 1. The first-order valence-corrected chi connectivity index (χ1v) is 9.97. The van der Waals surface area contributed by atoms with Gasteiger partial charge in [-0.05, 0) is 31.3 Å². The first kappa shape index (κ1) is 18.7. The molecule has 2 aliphatic heterocycles. The van der Waals surface area contributed by atoms with Gasteiger partial charge in [-0.1, -0.05) is 36.4 Å². The fourth-order valence-electron chi connectivity index (χ4n) is 4.46. The quantitative estimate of drug-likeness (QED) is 0.827. The number of benzene rings is 2. The third-order valence-corrected chi connectivity index (χ3v) is 6.46. The number of hydrogen-bond acceptors (Lipinski definition) is 3. The molecule has 2 fully saturated rings. The number of urea groups is 1. The molecule has 2 aromatic carbocycles. The van der Waals surface area contributed by atoms with Gasteiger partial charge in [0.15, 0.2) is 0 Å². The number of anilines is 1. The normalized spacial score (nSPS) is 23.9. The summed E-state index contributed by atoms with van der Waals surface area (Å²) in [6.07, 6.45) is 2.23. The van der Waals surface area contributed by atoms with E-state index < -0.39 is 0 Å². The molecule has 148 valence electrons. The zero-order valence-electron chi connectivity index (χ0n) is 16.6. The van der Waals surface area contributed by atoms with Gasteiger partial charge in [0.25, 0.3) is 0 Å². The van der Waals surface area contributed by atoms with Crippen molar-refractivity contribution in [1.29, 1.82) is 0 Å². The molecule has 6 nitrogen and oxygen atoms in total. The Morgan fingerprint density at radius 3 is 2.64 bits per heavy atom. The fourth-order valence-corrected chi connectivity index (χ4v) is 4.46. The molecule has 4 rings (SSSR count). The van der Waals surface area contributed by atoms with Crippen molar-refractivity contribution in [3.05, 3.63) is 42.5 Å². The van der Waals surface area contributed by atoms with Crippen LogP contribution in [0.1, 0.15) is 19.3 Å². The van der Waals surface area contributed by atoms with E-state index in [1.165, 1.54) is 0 Å². The Hall–Kier alpha value is -2.60. The summed E-state index contributed by atoms with van der Waals surface area (Å²) in [5.74, 6) is 0.197. The minimum Gasteiger partial charge on any atom is -0.346 e. The van der Waals surface area contributed by atoms with Crippen molar-refractivity contribution in [2.75, 3.05) is 45.6 Å². The largest absolute Gasteiger partial charge is 0.346 e. The maximum atomic E-state index is 13.1. The predicted molar refractivity (Wildman–Crippen MR) is 111 cm³/mol. The van der Waals surface area contributed by atoms with Gasteiger partial charge in [0.1, 0.15) is 0 Å². The van der Waals surface area contributed by atoms with E-state index in [0.717, 1.165) is 42.4 Å². The number of hydrogen-bond donors (Lipinski definition) is 1. The van der Waals surface area contributed by atoms with Crippen molar-refractivity contribution in [3.8, 4) is 0 Å². The lowest BCUT2D eigenvalue weighted by Gasteiger charge is -2.49. The fraction of sp³-hybridized carbons (Fsp3) is 0.455. The number of fused-ring (bicyclic) bond motifs is 1. The smallest absolute Gasteiger partial charge is 0.321 e. The van der Waals surface area contributed by atoms with Gasteiger partial charge in [-0.25, -0.2) is 4.79 Å². The molecule has 28 heavy (non-hydrogen) atoms. The Bertz CT molecular complexity index is 894. The Morgan fingerprint density at radius 1 is 1.00 bits per heavy atom.